The van der Waals surface area contributed by atoms with Crippen LogP contribution in [0, 0.1) is 22.7 Å². The van der Waals surface area contributed by atoms with Crippen molar-refractivity contribution in [3.05, 3.63) is 201 Å². The Labute approximate surface area is 401 Å². The fourth-order valence-corrected chi connectivity index (χ4v) is 14.5. The SMILES string of the molecule is N#Cc1c(-n2c3cccc4c3c3c(cccc32)CC4)c(C#N)c(-n2c3cccc4c3c3c(cccc32)CC4)c(-n2c3cccc4c3c3c(cccc32)CC4)c1-n1c2cccc3c2c2c(cccc21)CC3. The van der Waals surface area contributed by atoms with Gasteiger partial charge in [-0.15, -0.1) is 0 Å². The summed E-state index contributed by atoms with van der Waals surface area (Å²) >= 11 is 0. The molecule has 4 heterocycles. The molecular formula is C64H40N6. The maximum absolute atomic E-state index is 12.5. The molecule has 0 amide bonds. The lowest BCUT2D eigenvalue weighted by Gasteiger charge is -2.27. The van der Waals surface area contributed by atoms with E-state index in [1.807, 2.05) is 0 Å². The van der Waals surface area contributed by atoms with Gasteiger partial charge in [0.1, 0.15) is 23.3 Å². The maximum atomic E-state index is 12.5. The van der Waals surface area contributed by atoms with E-state index in [-0.39, 0.29) is 0 Å². The Morgan fingerprint density at radius 3 is 0.629 bits per heavy atom. The van der Waals surface area contributed by atoms with Crippen LogP contribution in [-0.2, 0) is 51.4 Å². The van der Waals surface area contributed by atoms with Gasteiger partial charge < -0.3 is 18.3 Å². The molecule has 0 bridgehead atoms. The molecular weight excluding hydrogens is 853 g/mol. The van der Waals surface area contributed by atoms with Gasteiger partial charge in [-0.3, -0.25) is 0 Å². The number of nitrogens with zero attached hydrogens (tertiary/aromatic N) is 6. The van der Waals surface area contributed by atoms with E-state index in [2.05, 4.69) is 176 Å². The standard InChI is InChI=1S/C64H40N6/c65-33-43-61(67-45-17-1-9-35-25-26-36-10-2-18-46(67)54(36)53(35)45)44(34-66)63(69-49-21-5-13-39-29-30-40-14-6-22-50(69)58(40)57(39)49)64(70-51-23-7-15-41-31-32-42-16-8-24-52(70)60(42)59(41)51)62(43)68-47-19-3-11-37-27-28-38-12-4-20-48(68)56(38)55(37)47/h1-24H,25-32H2. The van der Waals surface area contributed by atoms with E-state index in [1.54, 1.807) is 0 Å². The molecule has 13 aromatic rings. The second-order valence-corrected chi connectivity index (χ2v) is 20.2. The van der Waals surface area contributed by atoms with E-state index in [1.165, 1.54) is 87.6 Å². The highest BCUT2D eigenvalue weighted by atomic mass is 15.1. The topological polar surface area (TPSA) is 67.3 Å². The van der Waals surface area contributed by atoms with Crippen LogP contribution < -0.4 is 0 Å². The molecule has 17 rings (SSSR count). The van der Waals surface area contributed by atoms with Crippen LogP contribution in [0.15, 0.2) is 146 Å². The Morgan fingerprint density at radius 2 is 0.429 bits per heavy atom. The van der Waals surface area contributed by atoms with Gasteiger partial charge in [-0.1, -0.05) is 97.1 Å². The Hall–Kier alpha value is -8.84. The summed E-state index contributed by atoms with van der Waals surface area (Å²) in [4.78, 5) is 0. The molecule has 0 unspecified atom stereocenters. The molecule has 0 spiro atoms. The average Bonchev–Trinajstić information content (AvgIpc) is 4.15. The quantitative estimate of drug-likeness (QED) is 0.177. The molecule has 70 heavy (non-hydrogen) atoms. The van der Waals surface area contributed by atoms with Crippen molar-refractivity contribution in [2.45, 2.75) is 51.4 Å². The van der Waals surface area contributed by atoms with Gasteiger partial charge in [0.2, 0.25) is 0 Å². The first-order valence-corrected chi connectivity index (χ1v) is 24.9. The normalized spacial score (nSPS) is 14.4. The van der Waals surface area contributed by atoms with Gasteiger partial charge >= 0.3 is 0 Å². The summed E-state index contributed by atoms with van der Waals surface area (Å²) in [5.41, 5.74) is 23.0. The van der Waals surface area contributed by atoms with Crippen molar-refractivity contribution in [3.63, 3.8) is 0 Å². The van der Waals surface area contributed by atoms with Crippen molar-refractivity contribution in [1.82, 2.24) is 18.3 Å². The predicted molar refractivity (Wildman–Crippen MR) is 283 cm³/mol. The van der Waals surface area contributed by atoms with Crippen LogP contribution in [0.1, 0.15) is 55.6 Å². The van der Waals surface area contributed by atoms with Crippen LogP contribution in [0.2, 0.25) is 0 Å². The van der Waals surface area contributed by atoms with Gasteiger partial charge in [0.15, 0.2) is 0 Å². The minimum atomic E-state index is 0.474. The van der Waals surface area contributed by atoms with Gasteiger partial charge in [-0.25, -0.2) is 0 Å². The summed E-state index contributed by atoms with van der Waals surface area (Å²) in [6, 6.07) is 59.7. The Kier molecular flexibility index (Phi) is 6.92. The first kappa shape index (κ1) is 37.2. The molecule has 0 aliphatic heterocycles. The van der Waals surface area contributed by atoms with Crippen LogP contribution in [0.3, 0.4) is 0 Å². The fourth-order valence-electron chi connectivity index (χ4n) is 14.5. The summed E-state index contributed by atoms with van der Waals surface area (Å²) in [6.45, 7) is 0. The lowest BCUT2D eigenvalue weighted by Crippen LogP contribution is -2.17. The molecule has 6 heteroatoms. The van der Waals surface area contributed by atoms with Gasteiger partial charge in [0, 0.05) is 43.1 Å². The van der Waals surface area contributed by atoms with E-state index >= 15 is 0 Å². The van der Waals surface area contributed by atoms with E-state index in [0.717, 1.165) is 113 Å². The highest BCUT2D eigenvalue weighted by Gasteiger charge is 2.37. The number of aromatic nitrogens is 4. The second-order valence-electron chi connectivity index (χ2n) is 20.2. The lowest BCUT2D eigenvalue weighted by atomic mass is 9.91. The number of benzene rings is 9. The third kappa shape index (κ3) is 4.32. The zero-order valence-electron chi connectivity index (χ0n) is 38.2. The van der Waals surface area contributed by atoms with Gasteiger partial charge in [-0.05, 0) is 144 Å². The molecule has 0 atom stereocenters. The third-order valence-corrected chi connectivity index (χ3v) is 17.1. The van der Waals surface area contributed by atoms with Crippen LogP contribution in [-0.4, -0.2) is 18.3 Å². The van der Waals surface area contributed by atoms with Crippen molar-refractivity contribution in [3.8, 4) is 34.9 Å². The molecule has 326 valence electrons. The zero-order valence-corrected chi connectivity index (χ0v) is 38.2. The predicted octanol–water partition coefficient (Wildman–Crippen LogP) is 14.2. The number of hydrogen-bond donors (Lipinski definition) is 0. The number of nitriles is 2. The molecule has 0 saturated heterocycles. The van der Waals surface area contributed by atoms with Crippen molar-refractivity contribution in [1.29, 1.82) is 10.5 Å². The van der Waals surface area contributed by atoms with Crippen LogP contribution in [0.5, 0.6) is 0 Å². The molecule has 0 radical (unpaired) electrons. The third-order valence-electron chi connectivity index (χ3n) is 17.1. The Bertz CT molecular complexity index is 4320. The van der Waals surface area contributed by atoms with Gasteiger partial charge in [0.25, 0.3) is 0 Å². The van der Waals surface area contributed by atoms with Crippen LogP contribution in [0.25, 0.3) is 110 Å². The maximum Gasteiger partial charge on any atom is 0.104 e. The van der Waals surface area contributed by atoms with Crippen LogP contribution >= 0.6 is 0 Å². The van der Waals surface area contributed by atoms with E-state index in [9.17, 15) is 10.5 Å². The molecule has 0 fully saturated rings. The molecule has 9 aromatic carbocycles. The van der Waals surface area contributed by atoms with E-state index in [4.69, 9.17) is 0 Å². The lowest BCUT2D eigenvalue weighted by molar-refractivity contribution is 0.969. The second kappa shape index (κ2) is 13.0. The minimum absolute atomic E-state index is 0.474. The summed E-state index contributed by atoms with van der Waals surface area (Å²) in [5.74, 6) is 0. The molecule has 0 N–H and O–H groups in total. The van der Waals surface area contributed by atoms with E-state index in [0.29, 0.717) is 16.8 Å². The number of hydrogen-bond acceptors (Lipinski definition) is 2. The van der Waals surface area contributed by atoms with Gasteiger partial charge in [-0.2, -0.15) is 10.5 Å². The van der Waals surface area contributed by atoms with Gasteiger partial charge in [0.05, 0.1) is 66.9 Å². The number of aryl methyl sites for hydroxylation is 8. The fraction of sp³-hybridized carbons (Fsp3) is 0.125. The largest absolute Gasteiger partial charge is 0.306 e. The average molecular weight is 893 g/mol. The van der Waals surface area contributed by atoms with Crippen LogP contribution in [0.4, 0.5) is 0 Å². The summed E-state index contributed by atoms with van der Waals surface area (Å²) in [7, 11) is 0. The monoisotopic (exact) mass is 892 g/mol. The minimum Gasteiger partial charge on any atom is -0.306 e. The Morgan fingerprint density at radius 1 is 0.243 bits per heavy atom. The first-order chi connectivity index (χ1) is 34.7. The summed E-state index contributed by atoms with van der Waals surface area (Å²) in [6.07, 6.45) is 7.58. The molecule has 4 aliphatic carbocycles. The smallest absolute Gasteiger partial charge is 0.104 e. The molecule has 4 aromatic heterocycles. The number of rotatable bonds is 4. The highest BCUT2D eigenvalue weighted by molar-refractivity contribution is 6.19. The van der Waals surface area contributed by atoms with Crippen molar-refractivity contribution >= 4 is 87.2 Å². The Balaban J connectivity index is 1.21. The zero-order chi connectivity index (χ0) is 45.7. The molecule has 6 nitrogen and oxygen atoms in total. The first-order valence-electron chi connectivity index (χ1n) is 24.9. The van der Waals surface area contributed by atoms with Crippen molar-refractivity contribution in [2.24, 2.45) is 0 Å². The molecule has 4 aliphatic rings. The summed E-state index contributed by atoms with van der Waals surface area (Å²) in [5, 5.41) is 35.0. The van der Waals surface area contributed by atoms with Crippen molar-refractivity contribution in [2.75, 3.05) is 0 Å². The van der Waals surface area contributed by atoms with Crippen molar-refractivity contribution < 1.29 is 0 Å². The van der Waals surface area contributed by atoms with E-state index < -0.39 is 0 Å². The molecule has 0 saturated carbocycles. The summed E-state index contributed by atoms with van der Waals surface area (Å²) < 4.78 is 9.63. The highest BCUT2D eigenvalue weighted by Crippen LogP contribution is 2.52.